The van der Waals surface area contributed by atoms with E-state index in [4.69, 9.17) is 29.6 Å². The van der Waals surface area contributed by atoms with Gasteiger partial charge in [-0.15, -0.1) is 11.3 Å². The zero-order valence-electron chi connectivity index (χ0n) is 8.66. The van der Waals surface area contributed by atoms with Crippen LogP contribution in [-0.2, 0) is 6.42 Å². The van der Waals surface area contributed by atoms with Gasteiger partial charge >= 0.3 is 0 Å². The maximum absolute atomic E-state index is 5.97. The van der Waals surface area contributed by atoms with Gasteiger partial charge in [0.25, 0.3) is 0 Å². The number of thiocarbonyl (C=S) groups is 1. The highest BCUT2D eigenvalue weighted by Gasteiger charge is 2.23. The van der Waals surface area contributed by atoms with Crippen molar-refractivity contribution in [3.63, 3.8) is 0 Å². The van der Waals surface area contributed by atoms with Crippen LogP contribution in [0.4, 0.5) is 5.13 Å². The van der Waals surface area contributed by atoms with Crippen LogP contribution >= 0.6 is 35.2 Å². The summed E-state index contributed by atoms with van der Waals surface area (Å²) >= 11 is 12.3. The molecule has 0 radical (unpaired) electrons. The summed E-state index contributed by atoms with van der Waals surface area (Å²) in [4.78, 5) is 5.72. The second kappa shape index (κ2) is 3.94. The van der Waals surface area contributed by atoms with E-state index >= 15 is 0 Å². The Hall–Kier alpha value is -1.17. The number of anilines is 1. The predicted octanol–water partition coefficient (Wildman–Crippen LogP) is 3.02. The zero-order chi connectivity index (χ0) is 12.0. The van der Waals surface area contributed by atoms with E-state index in [1.165, 1.54) is 10.4 Å². The third kappa shape index (κ3) is 1.90. The van der Waals surface area contributed by atoms with E-state index in [2.05, 4.69) is 10.3 Å². The summed E-state index contributed by atoms with van der Waals surface area (Å²) in [7, 11) is 0. The van der Waals surface area contributed by atoms with E-state index in [1.54, 1.807) is 11.3 Å². The predicted molar refractivity (Wildman–Crippen MR) is 75.8 cm³/mol. The summed E-state index contributed by atoms with van der Waals surface area (Å²) in [5.74, 6) is 0. The fourth-order valence-electron chi connectivity index (χ4n) is 1.95. The number of aromatic nitrogens is 1. The van der Waals surface area contributed by atoms with E-state index in [-0.39, 0.29) is 5.11 Å². The maximum Gasteiger partial charge on any atom is 0.189 e. The standard InChI is InChI=1S/C11H8ClN3S2/c12-6-1-2-7-5(3-6)4-8-9(7)14-11(17-8)15-10(13)16/h1-3H,4H2,(H3,13,14,15,16). The van der Waals surface area contributed by atoms with Crippen LogP contribution in [0.15, 0.2) is 18.2 Å². The molecule has 0 saturated heterocycles. The van der Waals surface area contributed by atoms with E-state index < -0.39 is 0 Å². The first-order chi connectivity index (χ1) is 8.13. The van der Waals surface area contributed by atoms with E-state index in [0.29, 0.717) is 0 Å². The Bertz CT molecular complexity index is 621. The Morgan fingerprint density at radius 2 is 2.35 bits per heavy atom. The minimum absolute atomic E-state index is 0.244. The summed E-state index contributed by atoms with van der Waals surface area (Å²) in [6.45, 7) is 0. The fraction of sp³-hybridized carbons (Fsp3) is 0.0909. The van der Waals surface area contributed by atoms with Gasteiger partial charge in [-0.05, 0) is 29.9 Å². The molecule has 3 rings (SSSR count). The number of thiazole rings is 1. The van der Waals surface area contributed by atoms with Gasteiger partial charge in [0.05, 0.1) is 5.69 Å². The van der Waals surface area contributed by atoms with Crippen molar-refractivity contribution >= 4 is 45.4 Å². The Morgan fingerprint density at radius 1 is 1.53 bits per heavy atom. The number of benzene rings is 1. The molecule has 2 aromatic rings. The lowest BCUT2D eigenvalue weighted by Crippen LogP contribution is -2.18. The molecule has 0 spiro atoms. The summed E-state index contributed by atoms with van der Waals surface area (Å²) in [6, 6.07) is 5.88. The van der Waals surface area contributed by atoms with Crippen LogP contribution in [0.5, 0.6) is 0 Å². The Labute approximate surface area is 113 Å². The van der Waals surface area contributed by atoms with Gasteiger partial charge in [0.1, 0.15) is 0 Å². The van der Waals surface area contributed by atoms with Crippen molar-refractivity contribution in [1.82, 2.24) is 4.98 Å². The third-order valence-corrected chi connectivity index (χ3v) is 3.91. The average molecular weight is 282 g/mol. The Morgan fingerprint density at radius 3 is 3.12 bits per heavy atom. The molecule has 0 fully saturated rings. The molecule has 17 heavy (non-hydrogen) atoms. The highest BCUT2D eigenvalue weighted by atomic mass is 35.5. The lowest BCUT2D eigenvalue weighted by molar-refractivity contribution is 1.31. The van der Waals surface area contributed by atoms with Crippen molar-refractivity contribution in [2.75, 3.05) is 5.32 Å². The molecular weight excluding hydrogens is 274 g/mol. The molecule has 1 aromatic carbocycles. The Kier molecular flexibility index (Phi) is 2.54. The quantitative estimate of drug-likeness (QED) is 0.673. The van der Waals surface area contributed by atoms with Gasteiger partial charge in [-0.25, -0.2) is 4.98 Å². The minimum atomic E-state index is 0.244. The van der Waals surface area contributed by atoms with Gasteiger partial charge in [-0.2, -0.15) is 0 Å². The Balaban J connectivity index is 2.03. The van der Waals surface area contributed by atoms with E-state index in [9.17, 15) is 0 Å². The summed E-state index contributed by atoms with van der Waals surface area (Å²) in [5.41, 5.74) is 8.82. The molecule has 0 bridgehead atoms. The van der Waals surface area contributed by atoms with Crippen LogP contribution < -0.4 is 11.1 Å². The SMILES string of the molecule is NC(=S)Nc1nc2c(s1)Cc1cc(Cl)ccc1-2. The van der Waals surface area contributed by atoms with Crippen LogP contribution in [0.3, 0.4) is 0 Å². The van der Waals surface area contributed by atoms with Crippen LogP contribution in [0.2, 0.25) is 5.02 Å². The summed E-state index contributed by atoms with van der Waals surface area (Å²) in [5, 5.41) is 4.63. The zero-order valence-corrected chi connectivity index (χ0v) is 11.0. The van der Waals surface area contributed by atoms with Gasteiger partial charge in [0.15, 0.2) is 10.2 Å². The lowest BCUT2D eigenvalue weighted by Gasteiger charge is -2.00. The molecule has 1 heterocycles. The third-order valence-electron chi connectivity index (χ3n) is 2.60. The lowest BCUT2D eigenvalue weighted by atomic mass is 10.1. The number of halogens is 1. The van der Waals surface area contributed by atoms with Gasteiger partial charge in [0, 0.05) is 21.9 Å². The molecule has 0 atom stereocenters. The number of rotatable bonds is 1. The van der Waals surface area contributed by atoms with Crippen molar-refractivity contribution in [3.05, 3.63) is 33.7 Å². The normalized spacial score (nSPS) is 12.1. The van der Waals surface area contributed by atoms with Crippen molar-refractivity contribution in [2.24, 2.45) is 5.73 Å². The number of nitrogens with one attached hydrogen (secondary N) is 1. The van der Waals surface area contributed by atoms with E-state index in [1.807, 2.05) is 18.2 Å². The molecule has 3 N–H and O–H groups in total. The monoisotopic (exact) mass is 281 g/mol. The molecule has 1 aliphatic rings. The number of nitrogens with zero attached hydrogens (tertiary/aromatic N) is 1. The van der Waals surface area contributed by atoms with E-state index in [0.717, 1.165) is 27.8 Å². The average Bonchev–Trinajstić information content (AvgIpc) is 2.72. The van der Waals surface area contributed by atoms with Crippen LogP contribution in [0, 0.1) is 0 Å². The second-order valence-corrected chi connectivity index (χ2v) is 5.72. The van der Waals surface area contributed by atoms with Crippen LogP contribution in [0.25, 0.3) is 11.3 Å². The molecular formula is C11H8ClN3S2. The minimum Gasteiger partial charge on any atom is -0.376 e. The van der Waals surface area contributed by atoms with Gasteiger partial charge in [-0.3, -0.25) is 0 Å². The molecule has 6 heteroatoms. The number of fused-ring (bicyclic) bond motifs is 3. The molecule has 0 saturated carbocycles. The molecule has 0 unspecified atom stereocenters. The maximum atomic E-state index is 5.97. The molecule has 0 aliphatic heterocycles. The highest BCUT2D eigenvalue weighted by molar-refractivity contribution is 7.80. The molecule has 1 aromatic heterocycles. The molecule has 3 nitrogen and oxygen atoms in total. The number of nitrogens with two attached hydrogens (primary N) is 1. The van der Waals surface area contributed by atoms with Crippen molar-refractivity contribution < 1.29 is 0 Å². The molecule has 86 valence electrons. The van der Waals surface area contributed by atoms with Gasteiger partial charge in [-0.1, -0.05) is 17.7 Å². The number of hydrogen-bond acceptors (Lipinski definition) is 3. The first-order valence-electron chi connectivity index (χ1n) is 4.98. The van der Waals surface area contributed by atoms with Crippen LogP contribution in [0.1, 0.15) is 10.4 Å². The largest absolute Gasteiger partial charge is 0.376 e. The van der Waals surface area contributed by atoms with Crippen molar-refractivity contribution in [3.8, 4) is 11.3 Å². The topological polar surface area (TPSA) is 50.9 Å². The second-order valence-electron chi connectivity index (χ2n) is 3.76. The summed E-state index contributed by atoms with van der Waals surface area (Å²) < 4.78 is 0. The summed E-state index contributed by atoms with van der Waals surface area (Å²) in [6.07, 6.45) is 0.877. The number of hydrogen-bond donors (Lipinski definition) is 2. The van der Waals surface area contributed by atoms with Crippen molar-refractivity contribution in [1.29, 1.82) is 0 Å². The fourth-order valence-corrected chi connectivity index (χ4v) is 3.32. The van der Waals surface area contributed by atoms with Crippen LogP contribution in [-0.4, -0.2) is 10.1 Å². The van der Waals surface area contributed by atoms with Crippen molar-refractivity contribution in [2.45, 2.75) is 6.42 Å². The van der Waals surface area contributed by atoms with Gasteiger partial charge < -0.3 is 11.1 Å². The first kappa shape index (κ1) is 11.0. The first-order valence-corrected chi connectivity index (χ1v) is 6.59. The smallest absolute Gasteiger partial charge is 0.189 e. The molecule has 0 amide bonds. The molecule has 1 aliphatic carbocycles. The van der Waals surface area contributed by atoms with Gasteiger partial charge in [0.2, 0.25) is 0 Å². The highest BCUT2D eigenvalue weighted by Crippen LogP contribution is 2.41.